The average Bonchev–Trinajstić information content (AvgIpc) is 2.94. The number of nitrogens with two attached hydrogens (primary N) is 1. The molecule has 0 aromatic carbocycles. The van der Waals surface area contributed by atoms with Crippen molar-refractivity contribution >= 4 is 11.9 Å². The van der Waals surface area contributed by atoms with Crippen LogP contribution in [0.4, 0.5) is 0 Å². The zero-order valence-electron chi connectivity index (χ0n) is 8.03. The smallest absolute Gasteiger partial charge is 0.326 e. The predicted octanol–water partition coefficient (Wildman–Crippen LogP) is -0.295. The number of hydrogen-bond donors (Lipinski definition) is 3. The van der Waals surface area contributed by atoms with E-state index in [2.05, 4.69) is 5.32 Å². The molecule has 0 aromatic heterocycles. The third-order valence-electron chi connectivity index (χ3n) is 2.26. The third-order valence-corrected chi connectivity index (χ3v) is 2.26. The summed E-state index contributed by atoms with van der Waals surface area (Å²) in [6, 6.07) is -0.772. The Bertz CT molecular complexity index is 226. The summed E-state index contributed by atoms with van der Waals surface area (Å²) in [4.78, 5) is 22.0. The van der Waals surface area contributed by atoms with Crippen molar-refractivity contribution in [3.63, 3.8) is 0 Å². The van der Waals surface area contributed by atoms with Crippen LogP contribution in [0.1, 0.15) is 25.7 Å². The normalized spacial score (nSPS) is 17.5. The number of carbonyl (C=O) groups excluding carboxylic acids is 1. The van der Waals surface area contributed by atoms with Crippen molar-refractivity contribution in [2.24, 2.45) is 11.7 Å². The molecule has 4 N–H and O–H groups in total. The zero-order chi connectivity index (χ0) is 10.6. The summed E-state index contributed by atoms with van der Waals surface area (Å²) in [7, 11) is 0. The van der Waals surface area contributed by atoms with E-state index in [1.54, 1.807) is 0 Å². The van der Waals surface area contributed by atoms with Crippen molar-refractivity contribution in [3.05, 3.63) is 0 Å². The number of carbonyl (C=O) groups is 2. The molecule has 0 saturated heterocycles. The highest BCUT2D eigenvalue weighted by atomic mass is 16.4. The molecule has 0 bridgehead atoms. The van der Waals surface area contributed by atoms with Gasteiger partial charge in [-0.25, -0.2) is 4.79 Å². The molecule has 1 aliphatic rings. The Kier molecular flexibility index (Phi) is 3.88. The van der Waals surface area contributed by atoms with Crippen LogP contribution in [0.2, 0.25) is 0 Å². The number of hydrogen-bond acceptors (Lipinski definition) is 3. The van der Waals surface area contributed by atoms with Gasteiger partial charge in [0.1, 0.15) is 6.04 Å². The predicted molar refractivity (Wildman–Crippen MR) is 50.6 cm³/mol. The summed E-state index contributed by atoms with van der Waals surface area (Å²) in [5.41, 5.74) is 5.27. The zero-order valence-corrected chi connectivity index (χ0v) is 8.03. The molecule has 0 unspecified atom stereocenters. The molecule has 80 valence electrons. The summed E-state index contributed by atoms with van der Waals surface area (Å²) in [5.74, 6) is -1.06. The molecule has 1 amide bonds. The van der Waals surface area contributed by atoms with Crippen LogP contribution in [0.15, 0.2) is 0 Å². The van der Waals surface area contributed by atoms with E-state index in [1.807, 2.05) is 0 Å². The second-order valence-corrected chi connectivity index (χ2v) is 3.60. The minimum Gasteiger partial charge on any atom is -0.480 e. The molecule has 1 fully saturated rings. The Morgan fingerprint density at radius 3 is 2.57 bits per heavy atom. The molecule has 5 heteroatoms. The fraction of sp³-hybridized carbons (Fsp3) is 0.778. The minimum atomic E-state index is -0.979. The van der Waals surface area contributed by atoms with Crippen LogP contribution in [0.25, 0.3) is 0 Å². The number of rotatable bonds is 6. The van der Waals surface area contributed by atoms with Crippen molar-refractivity contribution < 1.29 is 14.7 Å². The molecular formula is C9H16N2O3. The van der Waals surface area contributed by atoms with Crippen molar-refractivity contribution in [2.45, 2.75) is 31.7 Å². The molecule has 0 aliphatic heterocycles. The van der Waals surface area contributed by atoms with E-state index in [0.29, 0.717) is 19.4 Å². The third kappa shape index (κ3) is 3.33. The van der Waals surface area contributed by atoms with Gasteiger partial charge in [0.15, 0.2) is 0 Å². The van der Waals surface area contributed by atoms with Crippen molar-refractivity contribution in [2.75, 3.05) is 6.54 Å². The van der Waals surface area contributed by atoms with E-state index in [4.69, 9.17) is 10.8 Å². The maximum absolute atomic E-state index is 11.3. The fourth-order valence-electron chi connectivity index (χ4n) is 1.21. The first-order chi connectivity index (χ1) is 6.65. The SMILES string of the molecule is NCCC[C@H](NC(=O)C1CC1)C(=O)O. The van der Waals surface area contributed by atoms with Crippen LogP contribution < -0.4 is 11.1 Å². The van der Waals surface area contributed by atoms with Gasteiger partial charge < -0.3 is 16.2 Å². The lowest BCUT2D eigenvalue weighted by molar-refractivity contribution is -0.142. The van der Waals surface area contributed by atoms with Gasteiger partial charge in [-0.2, -0.15) is 0 Å². The van der Waals surface area contributed by atoms with E-state index in [0.717, 1.165) is 12.8 Å². The van der Waals surface area contributed by atoms with Gasteiger partial charge in [0, 0.05) is 5.92 Å². The monoisotopic (exact) mass is 200 g/mol. The van der Waals surface area contributed by atoms with Crippen molar-refractivity contribution in [1.82, 2.24) is 5.32 Å². The summed E-state index contributed by atoms with van der Waals surface area (Å²) in [6.45, 7) is 0.447. The molecule has 1 aliphatic carbocycles. The number of amides is 1. The number of nitrogens with one attached hydrogen (secondary N) is 1. The Morgan fingerprint density at radius 2 is 2.14 bits per heavy atom. The maximum atomic E-state index is 11.3. The van der Waals surface area contributed by atoms with Crippen LogP contribution in [0, 0.1) is 5.92 Å². The summed E-state index contributed by atoms with van der Waals surface area (Å²) < 4.78 is 0. The lowest BCUT2D eigenvalue weighted by Gasteiger charge is -2.13. The van der Waals surface area contributed by atoms with Crippen LogP contribution in [0.3, 0.4) is 0 Å². The molecule has 0 spiro atoms. The van der Waals surface area contributed by atoms with Gasteiger partial charge >= 0.3 is 5.97 Å². The average molecular weight is 200 g/mol. The largest absolute Gasteiger partial charge is 0.480 e. The fourth-order valence-corrected chi connectivity index (χ4v) is 1.21. The molecule has 5 nitrogen and oxygen atoms in total. The second kappa shape index (κ2) is 4.95. The number of carboxylic acid groups (broad SMARTS) is 1. The van der Waals surface area contributed by atoms with Crippen LogP contribution >= 0.6 is 0 Å². The van der Waals surface area contributed by atoms with Gasteiger partial charge in [0.2, 0.25) is 5.91 Å². The van der Waals surface area contributed by atoms with Gasteiger partial charge in [-0.1, -0.05) is 0 Å². The number of carboxylic acids is 1. The van der Waals surface area contributed by atoms with E-state index in [1.165, 1.54) is 0 Å². The lowest BCUT2D eigenvalue weighted by Crippen LogP contribution is -2.41. The molecule has 1 rings (SSSR count). The summed E-state index contributed by atoms with van der Waals surface area (Å²) in [6.07, 6.45) is 2.79. The van der Waals surface area contributed by atoms with Gasteiger partial charge in [-0.05, 0) is 32.2 Å². The maximum Gasteiger partial charge on any atom is 0.326 e. The molecule has 0 heterocycles. The van der Waals surface area contributed by atoms with Crippen LogP contribution in [-0.2, 0) is 9.59 Å². The van der Waals surface area contributed by atoms with Gasteiger partial charge in [-0.3, -0.25) is 4.79 Å². The van der Waals surface area contributed by atoms with Crippen LogP contribution in [0.5, 0.6) is 0 Å². The highest BCUT2D eigenvalue weighted by Gasteiger charge is 2.32. The highest BCUT2D eigenvalue weighted by molar-refractivity contribution is 5.86. The second-order valence-electron chi connectivity index (χ2n) is 3.60. The van der Waals surface area contributed by atoms with E-state index in [-0.39, 0.29) is 11.8 Å². The quantitative estimate of drug-likeness (QED) is 0.549. The standard InChI is InChI=1S/C9H16N2O3/c10-5-1-2-7(9(13)14)11-8(12)6-3-4-6/h6-7H,1-5,10H2,(H,11,12)(H,13,14)/t7-/m0/s1. The van der Waals surface area contributed by atoms with Crippen molar-refractivity contribution in [3.8, 4) is 0 Å². The molecule has 1 saturated carbocycles. The van der Waals surface area contributed by atoms with E-state index in [9.17, 15) is 9.59 Å². The summed E-state index contributed by atoms with van der Waals surface area (Å²) in [5, 5.41) is 11.3. The molecule has 0 aromatic rings. The van der Waals surface area contributed by atoms with Crippen molar-refractivity contribution in [1.29, 1.82) is 0 Å². The minimum absolute atomic E-state index is 0.0507. The lowest BCUT2D eigenvalue weighted by atomic mass is 10.1. The first-order valence-electron chi connectivity index (χ1n) is 4.88. The Hall–Kier alpha value is -1.10. The molecule has 0 radical (unpaired) electrons. The van der Waals surface area contributed by atoms with E-state index < -0.39 is 12.0 Å². The molecular weight excluding hydrogens is 184 g/mol. The van der Waals surface area contributed by atoms with Gasteiger partial charge in [0.25, 0.3) is 0 Å². The Balaban J connectivity index is 2.33. The van der Waals surface area contributed by atoms with Gasteiger partial charge in [0.05, 0.1) is 0 Å². The summed E-state index contributed by atoms with van der Waals surface area (Å²) >= 11 is 0. The highest BCUT2D eigenvalue weighted by Crippen LogP contribution is 2.28. The first-order valence-corrected chi connectivity index (χ1v) is 4.88. The first kappa shape index (κ1) is 11.0. The van der Waals surface area contributed by atoms with Crippen LogP contribution in [-0.4, -0.2) is 29.6 Å². The van der Waals surface area contributed by atoms with Gasteiger partial charge in [-0.15, -0.1) is 0 Å². The Labute approximate surface area is 82.7 Å². The molecule has 1 atom stereocenters. The topological polar surface area (TPSA) is 92.4 Å². The number of aliphatic carboxylic acids is 1. The molecule has 14 heavy (non-hydrogen) atoms. The van der Waals surface area contributed by atoms with E-state index >= 15 is 0 Å². The Morgan fingerprint density at radius 1 is 1.50 bits per heavy atom.